The van der Waals surface area contributed by atoms with E-state index in [2.05, 4.69) is 16.3 Å². The van der Waals surface area contributed by atoms with Crippen LogP contribution in [-0.4, -0.2) is 59.1 Å². The van der Waals surface area contributed by atoms with E-state index in [0.29, 0.717) is 19.8 Å². The zero-order valence-corrected chi connectivity index (χ0v) is 13.7. The van der Waals surface area contributed by atoms with Crippen molar-refractivity contribution in [2.75, 3.05) is 52.0 Å². The third-order valence-corrected chi connectivity index (χ3v) is 4.61. The van der Waals surface area contributed by atoms with Crippen molar-refractivity contribution in [2.24, 2.45) is 5.41 Å². The summed E-state index contributed by atoms with van der Waals surface area (Å²) in [7, 11) is 3.30. The van der Waals surface area contributed by atoms with Crippen molar-refractivity contribution in [3.05, 3.63) is 24.3 Å². The lowest BCUT2D eigenvalue weighted by molar-refractivity contribution is -0.173. The molecule has 1 aromatic rings. The number of carbonyl (C=O) groups excluding carboxylic acids is 1. The van der Waals surface area contributed by atoms with Crippen LogP contribution in [0.5, 0.6) is 5.75 Å². The van der Waals surface area contributed by atoms with Crippen molar-refractivity contribution in [1.29, 1.82) is 0 Å². The fraction of sp³-hybridized carbons (Fsp3) is 0.588. The second-order valence-corrected chi connectivity index (χ2v) is 6.28. The second kappa shape index (κ2) is 6.76. The van der Waals surface area contributed by atoms with Crippen LogP contribution in [0.15, 0.2) is 24.3 Å². The van der Waals surface area contributed by atoms with Crippen LogP contribution in [0.2, 0.25) is 0 Å². The summed E-state index contributed by atoms with van der Waals surface area (Å²) in [5, 5.41) is 3.16. The number of ether oxygens (including phenoxy) is 3. The van der Waals surface area contributed by atoms with Gasteiger partial charge in [-0.05, 0) is 18.6 Å². The Labute approximate surface area is 136 Å². The number of anilines is 1. The molecule has 2 saturated heterocycles. The van der Waals surface area contributed by atoms with Gasteiger partial charge in [-0.25, -0.2) is 0 Å². The maximum Gasteiger partial charge on any atom is 0.233 e. The van der Waals surface area contributed by atoms with Gasteiger partial charge in [-0.15, -0.1) is 0 Å². The van der Waals surface area contributed by atoms with E-state index in [-0.39, 0.29) is 11.9 Å². The van der Waals surface area contributed by atoms with Crippen molar-refractivity contribution in [2.45, 2.75) is 12.5 Å². The molecule has 1 amide bonds. The molecule has 0 aromatic heterocycles. The van der Waals surface area contributed by atoms with Crippen LogP contribution in [0.1, 0.15) is 6.42 Å². The van der Waals surface area contributed by atoms with Gasteiger partial charge in [-0.2, -0.15) is 0 Å². The van der Waals surface area contributed by atoms with Gasteiger partial charge in [0.25, 0.3) is 0 Å². The third-order valence-electron chi connectivity index (χ3n) is 4.61. The maximum atomic E-state index is 12.5. The molecule has 1 unspecified atom stereocenters. The van der Waals surface area contributed by atoms with Crippen LogP contribution in [0.3, 0.4) is 0 Å². The van der Waals surface area contributed by atoms with Crippen molar-refractivity contribution in [1.82, 2.24) is 5.32 Å². The minimum Gasteiger partial charge on any atom is -0.495 e. The molecular formula is C17H24N2O4. The number of para-hydroxylation sites is 2. The highest BCUT2D eigenvalue weighted by molar-refractivity contribution is 5.84. The number of nitrogens with one attached hydrogen (secondary N) is 1. The first-order valence-corrected chi connectivity index (χ1v) is 7.94. The molecule has 1 atom stereocenters. The number of methoxy groups -OCH3 is 2. The summed E-state index contributed by atoms with van der Waals surface area (Å²) >= 11 is 0. The summed E-state index contributed by atoms with van der Waals surface area (Å²) in [6, 6.07) is 8.11. The van der Waals surface area contributed by atoms with Gasteiger partial charge in [0.2, 0.25) is 5.91 Å². The minimum absolute atomic E-state index is 0.0393. The first kappa shape index (κ1) is 16.1. The second-order valence-electron chi connectivity index (χ2n) is 6.28. The Hall–Kier alpha value is -1.79. The maximum absolute atomic E-state index is 12.5. The highest BCUT2D eigenvalue weighted by Crippen LogP contribution is 2.32. The lowest BCUT2D eigenvalue weighted by atomic mass is 9.85. The molecule has 6 heteroatoms. The van der Waals surface area contributed by atoms with Crippen LogP contribution in [-0.2, 0) is 14.3 Å². The molecule has 6 nitrogen and oxygen atoms in total. The van der Waals surface area contributed by atoms with E-state index in [9.17, 15) is 4.79 Å². The van der Waals surface area contributed by atoms with Crippen molar-refractivity contribution in [3.8, 4) is 5.75 Å². The van der Waals surface area contributed by atoms with Gasteiger partial charge in [0.05, 0.1) is 32.6 Å². The molecular weight excluding hydrogens is 296 g/mol. The summed E-state index contributed by atoms with van der Waals surface area (Å²) in [5.74, 6) is 0.903. The fourth-order valence-electron chi connectivity index (χ4n) is 3.23. The van der Waals surface area contributed by atoms with Crippen molar-refractivity contribution < 1.29 is 19.0 Å². The molecule has 2 heterocycles. The number of amides is 1. The molecule has 3 rings (SSSR count). The number of benzene rings is 1. The quantitative estimate of drug-likeness (QED) is 0.849. The van der Waals surface area contributed by atoms with Gasteiger partial charge in [0.15, 0.2) is 0 Å². The standard InChI is InChI=1S/C17H24N2O4/c1-21-10-17(11-23-12-17)16(20)18-13-7-8-19(9-13)14-5-3-4-6-15(14)22-2/h3-6,13H,7-12H2,1-2H3,(H,18,20). The zero-order chi connectivity index (χ0) is 16.3. The summed E-state index contributed by atoms with van der Waals surface area (Å²) in [5.41, 5.74) is 0.567. The molecule has 0 spiro atoms. The topological polar surface area (TPSA) is 60.0 Å². The SMILES string of the molecule is COCC1(C(=O)NC2CCN(c3ccccc3OC)C2)COC1. The Kier molecular flexibility index (Phi) is 4.73. The molecule has 23 heavy (non-hydrogen) atoms. The Morgan fingerprint density at radius 3 is 2.83 bits per heavy atom. The summed E-state index contributed by atoms with van der Waals surface area (Å²) in [4.78, 5) is 14.8. The van der Waals surface area contributed by atoms with E-state index in [0.717, 1.165) is 30.9 Å². The molecule has 2 aliphatic rings. The van der Waals surface area contributed by atoms with E-state index >= 15 is 0 Å². The Morgan fingerprint density at radius 2 is 2.17 bits per heavy atom. The largest absolute Gasteiger partial charge is 0.495 e. The van der Waals surface area contributed by atoms with Gasteiger partial charge in [-0.3, -0.25) is 4.79 Å². The highest BCUT2D eigenvalue weighted by Gasteiger charge is 2.47. The lowest BCUT2D eigenvalue weighted by Crippen LogP contribution is -2.58. The van der Waals surface area contributed by atoms with E-state index in [1.165, 1.54) is 0 Å². The summed E-state index contributed by atoms with van der Waals surface area (Å²) in [6.45, 7) is 2.97. The summed E-state index contributed by atoms with van der Waals surface area (Å²) < 4.78 is 15.8. The average Bonchev–Trinajstić information content (AvgIpc) is 2.99. The van der Waals surface area contributed by atoms with Crippen LogP contribution in [0.4, 0.5) is 5.69 Å². The third kappa shape index (κ3) is 3.14. The fourth-order valence-corrected chi connectivity index (χ4v) is 3.23. The van der Waals surface area contributed by atoms with Crippen LogP contribution >= 0.6 is 0 Å². The Balaban J connectivity index is 1.61. The van der Waals surface area contributed by atoms with Crippen molar-refractivity contribution >= 4 is 11.6 Å². The highest BCUT2D eigenvalue weighted by atomic mass is 16.5. The number of carbonyl (C=O) groups is 1. The number of hydrogen-bond acceptors (Lipinski definition) is 5. The lowest BCUT2D eigenvalue weighted by Gasteiger charge is -2.39. The molecule has 0 bridgehead atoms. The molecule has 2 aliphatic heterocycles. The minimum atomic E-state index is -0.507. The van der Waals surface area contributed by atoms with Gasteiger partial charge >= 0.3 is 0 Å². The molecule has 0 radical (unpaired) electrons. The van der Waals surface area contributed by atoms with Gasteiger partial charge < -0.3 is 24.4 Å². The number of hydrogen-bond donors (Lipinski definition) is 1. The Morgan fingerprint density at radius 1 is 1.39 bits per heavy atom. The van der Waals surface area contributed by atoms with E-state index < -0.39 is 5.41 Å². The van der Waals surface area contributed by atoms with Crippen molar-refractivity contribution in [3.63, 3.8) is 0 Å². The molecule has 2 fully saturated rings. The Bertz CT molecular complexity index is 559. The normalized spacial score (nSPS) is 22.5. The molecule has 0 saturated carbocycles. The van der Waals surface area contributed by atoms with E-state index in [1.54, 1.807) is 14.2 Å². The van der Waals surface area contributed by atoms with Crippen LogP contribution < -0.4 is 15.0 Å². The smallest absolute Gasteiger partial charge is 0.233 e. The predicted molar refractivity (Wildman–Crippen MR) is 86.9 cm³/mol. The molecule has 126 valence electrons. The zero-order valence-electron chi connectivity index (χ0n) is 13.7. The molecule has 1 aromatic carbocycles. The van der Waals surface area contributed by atoms with Crippen LogP contribution in [0.25, 0.3) is 0 Å². The monoisotopic (exact) mass is 320 g/mol. The predicted octanol–water partition coefficient (Wildman–Crippen LogP) is 1.05. The molecule has 0 aliphatic carbocycles. The van der Waals surface area contributed by atoms with Gasteiger partial charge in [-0.1, -0.05) is 12.1 Å². The molecule has 1 N–H and O–H groups in total. The summed E-state index contributed by atoms with van der Waals surface area (Å²) in [6.07, 6.45) is 0.924. The number of nitrogens with zero attached hydrogens (tertiary/aromatic N) is 1. The average molecular weight is 320 g/mol. The van der Waals surface area contributed by atoms with Gasteiger partial charge in [0.1, 0.15) is 11.2 Å². The first-order valence-electron chi connectivity index (χ1n) is 7.94. The number of rotatable bonds is 6. The first-order chi connectivity index (χ1) is 11.2. The van der Waals surface area contributed by atoms with E-state index in [4.69, 9.17) is 14.2 Å². The van der Waals surface area contributed by atoms with Gasteiger partial charge in [0, 0.05) is 26.2 Å². The van der Waals surface area contributed by atoms with Crippen LogP contribution in [0, 0.1) is 5.41 Å². The van der Waals surface area contributed by atoms with E-state index in [1.807, 2.05) is 18.2 Å².